The summed E-state index contributed by atoms with van der Waals surface area (Å²) in [5.41, 5.74) is 1.86. The molecular formula is C14H21NOS. The molecule has 94 valence electrons. The number of rotatable bonds is 4. The molecule has 0 saturated heterocycles. The minimum Gasteiger partial charge on any atom is -0.341 e. The summed E-state index contributed by atoms with van der Waals surface area (Å²) in [6.07, 6.45) is 2.02. The van der Waals surface area contributed by atoms with Gasteiger partial charge in [0.15, 0.2) is 0 Å². The lowest BCUT2D eigenvalue weighted by atomic mass is 10.1. The first-order chi connectivity index (χ1) is 7.95. The SMILES string of the molecule is CSc1ccc(C)c(C(=O)N(C)CC(C)C)c1. The van der Waals surface area contributed by atoms with Crippen LogP contribution in [0.15, 0.2) is 23.1 Å². The number of nitrogens with zero attached hydrogens (tertiary/aromatic N) is 1. The molecule has 1 aromatic rings. The number of carbonyl (C=O) groups excluding carboxylic acids is 1. The van der Waals surface area contributed by atoms with Gasteiger partial charge in [-0.1, -0.05) is 19.9 Å². The fraction of sp³-hybridized carbons (Fsp3) is 0.500. The number of hydrogen-bond acceptors (Lipinski definition) is 2. The lowest BCUT2D eigenvalue weighted by Gasteiger charge is -2.20. The molecule has 0 heterocycles. The van der Waals surface area contributed by atoms with Crippen LogP contribution in [0, 0.1) is 12.8 Å². The molecule has 0 N–H and O–H groups in total. The predicted octanol–water partition coefficient (Wildman–Crippen LogP) is 3.44. The van der Waals surface area contributed by atoms with Gasteiger partial charge in [-0.05, 0) is 36.8 Å². The largest absolute Gasteiger partial charge is 0.341 e. The summed E-state index contributed by atoms with van der Waals surface area (Å²) in [5, 5.41) is 0. The Kier molecular flexibility index (Phi) is 5.06. The van der Waals surface area contributed by atoms with Gasteiger partial charge in [-0.15, -0.1) is 11.8 Å². The van der Waals surface area contributed by atoms with E-state index in [4.69, 9.17) is 0 Å². The van der Waals surface area contributed by atoms with Crippen molar-refractivity contribution in [2.24, 2.45) is 5.92 Å². The second-order valence-corrected chi connectivity index (χ2v) is 5.64. The molecule has 2 nitrogen and oxygen atoms in total. The molecule has 0 unspecified atom stereocenters. The number of carbonyl (C=O) groups is 1. The normalized spacial score (nSPS) is 10.7. The summed E-state index contributed by atoms with van der Waals surface area (Å²) in [7, 11) is 1.87. The van der Waals surface area contributed by atoms with E-state index in [9.17, 15) is 4.79 Å². The van der Waals surface area contributed by atoms with Gasteiger partial charge in [0.05, 0.1) is 0 Å². The van der Waals surface area contributed by atoms with E-state index >= 15 is 0 Å². The fourth-order valence-corrected chi connectivity index (χ4v) is 2.23. The van der Waals surface area contributed by atoms with Crippen LogP contribution in [0.4, 0.5) is 0 Å². The van der Waals surface area contributed by atoms with E-state index in [-0.39, 0.29) is 5.91 Å². The van der Waals surface area contributed by atoms with Crippen LogP contribution in [0.25, 0.3) is 0 Å². The van der Waals surface area contributed by atoms with Gasteiger partial charge >= 0.3 is 0 Å². The van der Waals surface area contributed by atoms with Gasteiger partial charge in [-0.25, -0.2) is 0 Å². The highest BCUT2D eigenvalue weighted by Crippen LogP contribution is 2.20. The van der Waals surface area contributed by atoms with Crippen molar-refractivity contribution in [3.05, 3.63) is 29.3 Å². The zero-order chi connectivity index (χ0) is 13.0. The molecule has 1 rings (SSSR count). The lowest BCUT2D eigenvalue weighted by molar-refractivity contribution is 0.0778. The predicted molar refractivity (Wildman–Crippen MR) is 74.8 cm³/mol. The third-order valence-corrected chi connectivity index (χ3v) is 3.39. The zero-order valence-corrected chi connectivity index (χ0v) is 12.1. The number of thioether (sulfide) groups is 1. The Morgan fingerprint density at radius 3 is 2.59 bits per heavy atom. The smallest absolute Gasteiger partial charge is 0.253 e. The monoisotopic (exact) mass is 251 g/mol. The first-order valence-corrected chi connectivity index (χ1v) is 7.08. The summed E-state index contributed by atoms with van der Waals surface area (Å²) in [5.74, 6) is 0.611. The third-order valence-electron chi connectivity index (χ3n) is 2.66. The number of hydrogen-bond donors (Lipinski definition) is 0. The van der Waals surface area contributed by atoms with Gasteiger partial charge in [0.25, 0.3) is 5.91 Å². The highest BCUT2D eigenvalue weighted by Gasteiger charge is 2.15. The molecule has 1 amide bonds. The van der Waals surface area contributed by atoms with E-state index in [1.54, 1.807) is 16.7 Å². The molecule has 0 bridgehead atoms. The maximum absolute atomic E-state index is 12.3. The number of benzene rings is 1. The summed E-state index contributed by atoms with van der Waals surface area (Å²) < 4.78 is 0. The van der Waals surface area contributed by atoms with Crippen molar-refractivity contribution < 1.29 is 4.79 Å². The second-order valence-electron chi connectivity index (χ2n) is 4.76. The first kappa shape index (κ1) is 14.1. The minimum absolute atomic E-state index is 0.118. The molecule has 0 radical (unpaired) electrons. The van der Waals surface area contributed by atoms with E-state index in [2.05, 4.69) is 19.9 Å². The Hall–Kier alpha value is -0.960. The van der Waals surface area contributed by atoms with Gasteiger partial charge in [0.1, 0.15) is 0 Å². The third kappa shape index (κ3) is 3.77. The summed E-state index contributed by atoms with van der Waals surface area (Å²) in [6.45, 7) is 7.02. The maximum atomic E-state index is 12.3. The Balaban J connectivity index is 2.94. The molecule has 3 heteroatoms. The summed E-state index contributed by atoms with van der Waals surface area (Å²) in [6, 6.07) is 6.06. The average Bonchev–Trinajstić information content (AvgIpc) is 2.28. The molecule has 0 atom stereocenters. The molecule has 0 aliphatic carbocycles. The summed E-state index contributed by atoms with van der Waals surface area (Å²) in [4.78, 5) is 15.2. The van der Waals surface area contributed by atoms with Crippen molar-refractivity contribution in [1.82, 2.24) is 4.90 Å². The standard InChI is InChI=1S/C14H21NOS/c1-10(2)9-15(4)14(16)13-8-12(17-5)7-6-11(13)3/h6-8,10H,9H2,1-5H3. The number of aryl methyl sites for hydroxylation is 1. The molecule has 0 saturated carbocycles. The highest BCUT2D eigenvalue weighted by atomic mass is 32.2. The Morgan fingerprint density at radius 2 is 2.06 bits per heavy atom. The Bertz CT molecular complexity index is 401. The van der Waals surface area contributed by atoms with E-state index in [0.29, 0.717) is 5.92 Å². The quantitative estimate of drug-likeness (QED) is 0.764. The van der Waals surface area contributed by atoms with Crippen molar-refractivity contribution >= 4 is 17.7 Å². The average molecular weight is 251 g/mol. The fourth-order valence-electron chi connectivity index (χ4n) is 1.79. The van der Waals surface area contributed by atoms with Crippen LogP contribution in [-0.4, -0.2) is 30.7 Å². The van der Waals surface area contributed by atoms with Gasteiger partial charge in [0.2, 0.25) is 0 Å². The van der Waals surface area contributed by atoms with Crippen LogP contribution in [0.5, 0.6) is 0 Å². The molecular weight excluding hydrogens is 230 g/mol. The maximum Gasteiger partial charge on any atom is 0.253 e. The van der Waals surface area contributed by atoms with Crippen LogP contribution < -0.4 is 0 Å². The van der Waals surface area contributed by atoms with Crippen molar-refractivity contribution in [2.75, 3.05) is 19.8 Å². The van der Waals surface area contributed by atoms with Gasteiger partial charge < -0.3 is 4.90 Å². The second kappa shape index (κ2) is 6.10. The Labute approximate surface area is 108 Å². The molecule has 0 spiro atoms. The van der Waals surface area contributed by atoms with Crippen molar-refractivity contribution in [3.63, 3.8) is 0 Å². The van der Waals surface area contributed by atoms with Gasteiger partial charge in [-0.3, -0.25) is 4.79 Å². The van der Waals surface area contributed by atoms with Crippen molar-refractivity contribution in [2.45, 2.75) is 25.7 Å². The zero-order valence-electron chi connectivity index (χ0n) is 11.3. The molecule has 0 aliphatic rings. The van der Waals surface area contributed by atoms with Crippen LogP contribution in [-0.2, 0) is 0 Å². The lowest BCUT2D eigenvalue weighted by Crippen LogP contribution is -2.30. The van der Waals surface area contributed by atoms with E-state index in [0.717, 1.165) is 22.6 Å². The van der Waals surface area contributed by atoms with Crippen LogP contribution in [0.1, 0.15) is 29.8 Å². The van der Waals surface area contributed by atoms with Crippen LogP contribution in [0.3, 0.4) is 0 Å². The van der Waals surface area contributed by atoms with Crippen LogP contribution in [0.2, 0.25) is 0 Å². The minimum atomic E-state index is 0.118. The van der Waals surface area contributed by atoms with Gasteiger partial charge in [0, 0.05) is 24.1 Å². The Morgan fingerprint density at radius 1 is 1.41 bits per heavy atom. The molecule has 0 aromatic heterocycles. The summed E-state index contributed by atoms with van der Waals surface area (Å²) >= 11 is 1.66. The molecule has 0 aliphatic heterocycles. The van der Waals surface area contributed by atoms with Crippen molar-refractivity contribution in [1.29, 1.82) is 0 Å². The number of amides is 1. The molecule has 1 aromatic carbocycles. The van der Waals surface area contributed by atoms with E-state index < -0.39 is 0 Å². The topological polar surface area (TPSA) is 20.3 Å². The van der Waals surface area contributed by atoms with E-state index in [1.165, 1.54) is 0 Å². The van der Waals surface area contributed by atoms with Crippen molar-refractivity contribution in [3.8, 4) is 0 Å². The van der Waals surface area contributed by atoms with Crippen LogP contribution >= 0.6 is 11.8 Å². The molecule has 17 heavy (non-hydrogen) atoms. The molecule has 0 fully saturated rings. The highest BCUT2D eigenvalue weighted by molar-refractivity contribution is 7.98. The first-order valence-electron chi connectivity index (χ1n) is 5.85. The van der Waals surface area contributed by atoms with E-state index in [1.807, 2.05) is 32.4 Å². The van der Waals surface area contributed by atoms with Gasteiger partial charge in [-0.2, -0.15) is 0 Å².